The van der Waals surface area contributed by atoms with E-state index < -0.39 is 23.2 Å². The standard InChI is InChI=1S/C22H19ClN6O5/c1-26-8-10-27(11-9-26)22(31)34-21-15-5-4-14(29(32)33)12-16(15)20(30)28(21)18-7-3-13-2-6-17(23)24-19(13)25-18/h2-7,12,21H,8-11H2,1H3. The van der Waals surface area contributed by atoms with Gasteiger partial charge in [-0.1, -0.05) is 11.6 Å². The topological polar surface area (TPSA) is 122 Å². The van der Waals surface area contributed by atoms with E-state index in [9.17, 15) is 19.7 Å². The normalized spacial score (nSPS) is 18.3. The number of hydrogen-bond donors (Lipinski definition) is 0. The number of nitrogens with zero attached hydrogens (tertiary/aromatic N) is 6. The van der Waals surface area contributed by atoms with E-state index in [4.69, 9.17) is 16.3 Å². The van der Waals surface area contributed by atoms with Crippen molar-refractivity contribution in [2.45, 2.75) is 6.23 Å². The van der Waals surface area contributed by atoms with Crippen molar-refractivity contribution in [3.63, 3.8) is 0 Å². The first-order valence-electron chi connectivity index (χ1n) is 10.5. The van der Waals surface area contributed by atoms with E-state index in [2.05, 4.69) is 14.9 Å². The Labute approximate surface area is 198 Å². The molecule has 0 aliphatic carbocycles. The molecule has 12 heteroatoms. The molecular formula is C22H19ClN6O5. The fourth-order valence-electron chi connectivity index (χ4n) is 4.03. The zero-order valence-corrected chi connectivity index (χ0v) is 18.8. The number of amides is 2. The summed E-state index contributed by atoms with van der Waals surface area (Å²) >= 11 is 6.00. The Bertz CT molecular complexity index is 1330. The van der Waals surface area contributed by atoms with Crippen molar-refractivity contribution in [1.82, 2.24) is 19.8 Å². The Hall–Kier alpha value is -3.83. The van der Waals surface area contributed by atoms with Crippen molar-refractivity contribution in [3.8, 4) is 0 Å². The molecule has 11 nitrogen and oxygen atoms in total. The third-order valence-electron chi connectivity index (χ3n) is 5.92. The molecule has 2 aromatic heterocycles. The molecule has 2 amide bonds. The second-order valence-electron chi connectivity index (χ2n) is 8.08. The molecule has 1 unspecified atom stereocenters. The molecule has 2 aliphatic heterocycles. The van der Waals surface area contributed by atoms with E-state index in [0.29, 0.717) is 42.8 Å². The number of benzene rings is 1. The van der Waals surface area contributed by atoms with Crippen molar-refractivity contribution in [2.24, 2.45) is 0 Å². The minimum absolute atomic E-state index is 0.0753. The molecule has 0 N–H and O–H groups in total. The van der Waals surface area contributed by atoms with Gasteiger partial charge in [0.25, 0.3) is 11.6 Å². The van der Waals surface area contributed by atoms with Gasteiger partial charge in [0.2, 0.25) is 6.23 Å². The SMILES string of the molecule is CN1CCN(C(=O)OC2c3ccc([N+](=O)[O-])cc3C(=O)N2c2ccc3ccc(Cl)nc3n2)CC1. The number of nitro groups is 1. The van der Waals surface area contributed by atoms with Gasteiger partial charge in [0.15, 0.2) is 5.65 Å². The number of carbonyl (C=O) groups is 2. The van der Waals surface area contributed by atoms with Crippen LogP contribution in [0.2, 0.25) is 5.15 Å². The van der Waals surface area contributed by atoms with Gasteiger partial charge < -0.3 is 14.5 Å². The molecule has 174 valence electrons. The predicted molar refractivity (Wildman–Crippen MR) is 123 cm³/mol. The van der Waals surface area contributed by atoms with Crippen LogP contribution in [0, 0.1) is 10.1 Å². The van der Waals surface area contributed by atoms with Gasteiger partial charge in [0, 0.05) is 49.3 Å². The Morgan fingerprint density at radius 3 is 2.59 bits per heavy atom. The summed E-state index contributed by atoms with van der Waals surface area (Å²) in [5, 5.41) is 12.2. The molecule has 5 rings (SSSR count). The Kier molecular flexibility index (Phi) is 5.50. The summed E-state index contributed by atoms with van der Waals surface area (Å²) in [5.41, 5.74) is 0.493. The Morgan fingerprint density at radius 1 is 1.12 bits per heavy atom. The van der Waals surface area contributed by atoms with Gasteiger partial charge in [-0.25, -0.2) is 14.8 Å². The zero-order valence-electron chi connectivity index (χ0n) is 18.0. The highest BCUT2D eigenvalue weighted by atomic mass is 35.5. The summed E-state index contributed by atoms with van der Waals surface area (Å²) in [6.07, 6.45) is -1.72. The highest BCUT2D eigenvalue weighted by molar-refractivity contribution is 6.29. The summed E-state index contributed by atoms with van der Waals surface area (Å²) < 4.78 is 5.80. The number of anilines is 1. The first-order valence-corrected chi connectivity index (χ1v) is 10.9. The van der Waals surface area contributed by atoms with Crippen molar-refractivity contribution in [3.05, 3.63) is 68.9 Å². The number of ether oxygens (including phenoxy) is 1. The maximum atomic E-state index is 13.4. The minimum atomic E-state index is -1.14. The molecule has 3 aromatic rings. The van der Waals surface area contributed by atoms with Crippen molar-refractivity contribution in [2.75, 3.05) is 38.1 Å². The van der Waals surface area contributed by atoms with Crippen LogP contribution in [0.25, 0.3) is 11.0 Å². The van der Waals surface area contributed by atoms with Crippen LogP contribution in [0.15, 0.2) is 42.5 Å². The summed E-state index contributed by atoms with van der Waals surface area (Å²) in [7, 11) is 1.97. The number of nitro benzene ring substituents is 1. The monoisotopic (exact) mass is 482 g/mol. The highest BCUT2D eigenvalue weighted by Gasteiger charge is 2.43. The number of piperazine rings is 1. The molecule has 0 bridgehead atoms. The third kappa shape index (κ3) is 3.88. The second-order valence-corrected chi connectivity index (χ2v) is 8.47. The molecule has 0 radical (unpaired) electrons. The molecule has 1 atom stereocenters. The van der Waals surface area contributed by atoms with E-state index in [0.717, 1.165) is 0 Å². The molecule has 1 saturated heterocycles. The van der Waals surface area contributed by atoms with Crippen LogP contribution in [-0.2, 0) is 4.74 Å². The first-order chi connectivity index (χ1) is 16.3. The van der Waals surface area contributed by atoms with Crippen molar-refractivity contribution in [1.29, 1.82) is 0 Å². The fourth-order valence-corrected chi connectivity index (χ4v) is 4.18. The van der Waals surface area contributed by atoms with Crippen LogP contribution in [0.3, 0.4) is 0 Å². The van der Waals surface area contributed by atoms with E-state index in [1.165, 1.54) is 23.1 Å². The second kappa shape index (κ2) is 8.50. The lowest BCUT2D eigenvalue weighted by molar-refractivity contribution is -0.384. The number of hydrogen-bond acceptors (Lipinski definition) is 8. The van der Waals surface area contributed by atoms with Crippen LogP contribution in [-0.4, -0.2) is 69.9 Å². The van der Waals surface area contributed by atoms with Gasteiger partial charge in [-0.3, -0.25) is 19.8 Å². The predicted octanol–water partition coefficient (Wildman–Crippen LogP) is 3.23. The molecule has 1 aromatic carbocycles. The van der Waals surface area contributed by atoms with E-state index in [-0.39, 0.29) is 22.2 Å². The fraction of sp³-hybridized carbons (Fsp3) is 0.273. The summed E-state index contributed by atoms with van der Waals surface area (Å²) in [6.45, 7) is 2.37. The number of aromatic nitrogens is 2. The lowest BCUT2D eigenvalue weighted by Gasteiger charge is -2.33. The van der Waals surface area contributed by atoms with Gasteiger partial charge >= 0.3 is 6.09 Å². The van der Waals surface area contributed by atoms with Crippen LogP contribution < -0.4 is 4.90 Å². The average molecular weight is 483 g/mol. The van der Waals surface area contributed by atoms with Gasteiger partial charge in [-0.15, -0.1) is 0 Å². The quantitative estimate of drug-likeness (QED) is 0.317. The molecular weight excluding hydrogens is 464 g/mol. The van der Waals surface area contributed by atoms with Crippen LogP contribution in [0.4, 0.5) is 16.3 Å². The van der Waals surface area contributed by atoms with Gasteiger partial charge in [-0.05, 0) is 37.4 Å². The Balaban J connectivity index is 1.55. The molecule has 0 spiro atoms. The van der Waals surface area contributed by atoms with Crippen LogP contribution >= 0.6 is 11.6 Å². The average Bonchev–Trinajstić information content (AvgIpc) is 3.09. The first kappa shape index (κ1) is 22.0. The molecule has 1 fully saturated rings. The molecule has 0 saturated carbocycles. The molecule has 4 heterocycles. The number of carbonyl (C=O) groups excluding carboxylic acids is 2. The highest BCUT2D eigenvalue weighted by Crippen LogP contribution is 2.39. The summed E-state index contributed by atoms with van der Waals surface area (Å²) in [6, 6.07) is 10.6. The number of likely N-dealkylation sites (N-methyl/N-ethyl adjacent to an activating group) is 1. The van der Waals surface area contributed by atoms with E-state index in [1.54, 1.807) is 29.2 Å². The smallest absolute Gasteiger partial charge is 0.412 e. The third-order valence-corrected chi connectivity index (χ3v) is 6.13. The Morgan fingerprint density at radius 2 is 1.85 bits per heavy atom. The lowest BCUT2D eigenvalue weighted by Crippen LogP contribution is -2.48. The van der Waals surface area contributed by atoms with Gasteiger partial charge in [-0.2, -0.15) is 0 Å². The molecule has 2 aliphatic rings. The van der Waals surface area contributed by atoms with E-state index >= 15 is 0 Å². The number of rotatable bonds is 3. The largest absolute Gasteiger partial charge is 0.420 e. The zero-order chi connectivity index (χ0) is 24.0. The van der Waals surface area contributed by atoms with Gasteiger partial charge in [0.05, 0.1) is 10.5 Å². The summed E-state index contributed by atoms with van der Waals surface area (Å²) in [5.74, 6) is -0.383. The van der Waals surface area contributed by atoms with Gasteiger partial charge in [0.1, 0.15) is 11.0 Å². The van der Waals surface area contributed by atoms with Crippen molar-refractivity contribution >= 4 is 46.1 Å². The molecule has 34 heavy (non-hydrogen) atoms. The number of fused-ring (bicyclic) bond motifs is 2. The number of halogens is 1. The lowest BCUT2D eigenvalue weighted by atomic mass is 10.1. The number of pyridine rings is 2. The number of non-ortho nitro benzene ring substituents is 1. The van der Waals surface area contributed by atoms with Crippen LogP contribution in [0.5, 0.6) is 0 Å². The maximum Gasteiger partial charge on any atom is 0.412 e. The summed E-state index contributed by atoms with van der Waals surface area (Å²) in [4.78, 5) is 50.6. The maximum absolute atomic E-state index is 13.4. The van der Waals surface area contributed by atoms with Crippen LogP contribution in [0.1, 0.15) is 22.1 Å². The van der Waals surface area contributed by atoms with E-state index in [1.807, 2.05) is 7.05 Å². The minimum Gasteiger partial charge on any atom is -0.420 e. The van der Waals surface area contributed by atoms with Crippen molar-refractivity contribution < 1.29 is 19.2 Å².